The lowest BCUT2D eigenvalue weighted by Gasteiger charge is -2.25. The number of hydrogen-bond acceptors (Lipinski definition) is 5. The maximum absolute atomic E-state index is 13.5. The van der Waals surface area contributed by atoms with Crippen LogP contribution in [0.4, 0.5) is 5.69 Å². The third-order valence-electron chi connectivity index (χ3n) is 4.11. The van der Waals surface area contributed by atoms with Crippen molar-refractivity contribution in [3.05, 3.63) is 48.0 Å². The lowest BCUT2D eigenvalue weighted by atomic mass is 10.2. The Morgan fingerprint density at radius 3 is 2.32 bits per heavy atom. The van der Waals surface area contributed by atoms with Gasteiger partial charge in [0.05, 0.1) is 19.9 Å². The molecule has 0 saturated heterocycles. The summed E-state index contributed by atoms with van der Waals surface area (Å²) in [5.74, 6) is 0.426. The third kappa shape index (κ3) is 4.95. The van der Waals surface area contributed by atoms with Gasteiger partial charge >= 0.3 is 0 Å². The quantitative estimate of drug-likeness (QED) is 0.692. The Morgan fingerprint density at radius 1 is 1.07 bits per heavy atom. The number of amides is 1. The van der Waals surface area contributed by atoms with Gasteiger partial charge in [-0.2, -0.15) is 0 Å². The van der Waals surface area contributed by atoms with Crippen LogP contribution in [0.3, 0.4) is 0 Å². The van der Waals surface area contributed by atoms with Gasteiger partial charge in [-0.05, 0) is 55.3 Å². The Morgan fingerprint density at radius 2 is 1.75 bits per heavy atom. The molecule has 1 N–H and O–H groups in total. The van der Waals surface area contributed by atoms with Crippen LogP contribution in [0.15, 0.2) is 47.4 Å². The van der Waals surface area contributed by atoms with Gasteiger partial charge in [-0.25, -0.2) is 8.42 Å². The molecule has 0 saturated carbocycles. The number of anilines is 1. The maximum atomic E-state index is 13.5. The predicted molar refractivity (Wildman–Crippen MR) is 109 cm³/mol. The zero-order chi connectivity index (χ0) is 20.7. The molecule has 0 bridgehead atoms. The first kappa shape index (κ1) is 21.6. The van der Waals surface area contributed by atoms with Gasteiger partial charge < -0.3 is 14.8 Å². The first-order chi connectivity index (χ1) is 13.3. The van der Waals surface area contributed by atoms with E-state index in [0.29, 0.717) is 18.0 Å². The zero-order valence-electron chi connectivity index (χ0n) is 16.6. The number of carbonyl (C=O) groups excluding carboxylic acids is 1. The monoisotopic (exact) mass is 406 g/mol. The van der Waals surface area contributed by atoms with Crippen LogP contribution in [0.1, 0.15) is 18.9 Å². The number of carbonyl (C=O) groups is 1. The minimum atomic E-state index is -4.05. The van der Waals surface area contributed by atoms with Gasteiger partial charge in [0, 0.05) is 6.54 Å². The molecule has 2 aromatic carbocycles. The van der Waals surface area contributed by atoms with E-state index in [-0.39, 0.29) is 23.1 Å². The summed E-state index contributed by atoms with van der Waals surface area (Å²) in [5, 5.41) is 2.72. The normalized spacial score (nSPS) is 11.0. The fourth-order valence-corrected chi connectivity index (χ4v) is 4.28. The molecule has 0 radical (unpaired) electrons. The van der Waals surface area contributed by atoms with Gasteiger partial charge in [0.1, 0.15) is 22.9 Å². The zero-order valence-corrected chi connectivity index (χ0v) is 17.4. The van der Waals surface area contributed by atoms with Crippen molar-refractivity contribution < 1.29 is 22.7 Å². The third-order valence-corrected chi connectivity index (χ3v) is 5.90. The molecule has 7 nitrogen and oxygen atoms in total. The van der Waals surface area contributed by atoms with Crippen molar-refractivity contribution in [2.75, 3.05) is 31.6 Å². The van der Waals surface area contributed by atoms with Crippen molar-refractivity contribution in [1.82, 2.24) is 5.32 Å². The Labute approximate surface area is 166 Å². The summed E-state index contributed by atoms with van der Waals surface area (Å²) in [7, 11) is -1.11. The van der Waals surface area contributed by atoms with Gasteiger partial charge in [0.15, 0.2) is 0 Å². The van der Waals surface area contributed by atoms with Crippen LogP contribution in [0.5, 0.6) is 11.5 Å². The van der Waals surface area contributed by atoms with Crippen LogP contribution < -0.4 is 19.1 Å². The van der Waals surface area contributed by atoms with Crippen LogP contribution >= 0.6 is 0 Å². The van der Waals surface area contributed by atoms with E-state index in [0.717, 1.165) is 16.3 Å². The Bertz CT molecular complexity index is 911. The molecule has 8 heteroatoms. The van der Waals surface area contributed by atoms with Crippen LogP contribution in [0.2, 0.25) is 0 Å². The van der Waals surface area contributed by atoms with Crippen LogP contribution in [-0.4, -0.2) is 41.6 Å². The number of nitrogens with one attached hydrogen (secondary N) is 1. The molecule has 0 heterocycles. The minimum Gasteiger partial charge on any atom is -0.497 e. The predicted octanol–water partition coefficient (Wildman–Crippen LogP) is 2.73. The highest BCUT2D eigenvalue weighted by Crippen LogP contribution is 2.31. The van der Waals surface area contributed by atoms with Crippen molar-refractivity contribution in [2.24, 2.45) is 0 Å². The van der Waals surface area contributed by atoms with Crippen molar-refractivity contribution in [3.8, 4) is 11.5 Å². The van der Waals surface area contributed by atoms with Crippen molar-refractivity contribution in [3.63, 3.8) is 0 Å². The summed E-state index contributed by atoms with van der Waals surface area (Å²) < 4.78 is 38.4. The summed E-state index contributed by atoms with van der Waals surface area (Å²) in [6.07, 6.45) is 0.757. The number of aryl methyl sites for hydroxylation is 1. The smallest absolute Gasteiger partial charge is 0.268 e. The number of benzene rings is 2. The van der Waals surface area contributed by atoms with Crippen molar-refractivity contribution in [2.45, 2.75) is 25.2 Å². The molecule has 2 aromatic rings. The van der Waals surface area contributed by atoms with E-state index in [1.54, 1.807) is 43.3 Å². The van der Waals surface area contributed by atoms with Gasteiger partial charge in [-0.15, -0.1) is 0 Å². The van der Waals surface area contributed by atoms with Crippen LogP contribution in [0, 0.1) is 6.92 Å². The fraction of sp³-hybridized carbons (Fsp3) is 0.350. The molecule has 0 aromatic heterocycles. The lowest BCUT2D eigenvalue weighted by molar-refractivity contribution is -0.119. The van der Waals surface area contributed by atoms with Gasteiger partial charge in [0.25, 0.3) is 10.0 Å². The van der Waals surface area contributed by atoms with E-state index >= 15 is 0 Å². The molecule has 28 heavy (non-hydrogen) atoms. The highest BCUT2D eigenvalue weighted by Gasteiger charge is 2.30. The summed E-state index contributed by atoms with van der Waals surface area (Å²) >= 11 is 0. The average Bonchev–Trinajstić information content (AvgIpc) is 2.70. The standard InChI is InChI=1S/C20H26N2O5S/c1-5-12-21-20(23)14-22(16-7-9-17(26-3)10-8-16)28(24,25)19-13-15(2)6-11-18(19)27-4/h6-11,13H,5,12,14H2,1-4H3,(H,21,23). The Balaban J connectivity index is 2.52. The molecule has 0 aliphatic carbocycles. The van der Waals surface area contributed by atoms with Crippen LogP contribution in [-0.2, 0) is 14.8 Å². The van der Waals surface area contributed by atoms with Crippen LogP contribution in [0.25, 0.3) is 0 Å². The SMILES string of the molecule is CCCNC(=O)CN(c1ccc(OC)cc1)S(=O)(=O)c1cc(C)ccc1OC. The minimum absolute atomic E-state index is 0.00843. The van der Waals surface area contributed by atoms with E-state index in [1.165, 1.54) is 20.3 Å². The fourth-order valence-electron chi connectivity index (χ4n) is 2.62. The highest BCUT2D eigenvalue weighted by atomic mass is 32.2. The number of methoxy groups -OCH3 is 2. The van der Waals surface area contributed by atoms with Crippen molar-refractivity contribution in [1.29, 1.82) is 0 Å². The molecule has 1 amide bonds. The first-order valence-electron chi connectivity index (χ1n) is 8.91. The van der Waals surface area contributed by atoms with Gasteiger partial charge in [-0.3, -0.25) is 9.10 Å². The summed E-state index contributed by atoms with van der Waals surface area (Å²) in [4.78, 5) is 12.3. The Hall–Kier alpha value is -2.74. The van der Waals surface area contributed by atoms with E-state index in [9.17, 15) is 13.2 Å². The number of rotatable bonds is 9. The summed E-state index contributed by atoms with van der Waals surface area (Å²) in [6.45, 7) is 3.86. The molecule has 0 spiro atoms. The molecule has 152 valence electrons. The lowest BCUT2D eigenvalue weighted by Crippen LogP contribution is -2.41. The topological polar surface area (TPSA) is 84.9 Å². The van der Waals surface area contributed by atoms with Gasteiger partial charge in [0.2, 0.25) is 5.91 Å². The number of hydrogen-bond donors (Lipinski definition) is 1. The van der Waals surface area contributed by atoms with Gasteiger partial charge in [-0.1, -0.05) is 13.0 Å². The van der Waals surface area contributed by atoms with E-state index < -0.39 is 10.0 Å². The highest BCUT2D eigenvalue weighted by molar-refractivity contribution is 7.93. The molecule has 0 aliphatic heterocycles. The molecule has 0 atom stereocenters. The van der Waals surface area contributed by atoms with E-state index in [2.05, 4.69) is 5.32 Å². The second kappa shape index (κ2) is 9.45. The molecular formula is C20H26N2O5S. The van der Waals surface area contributed by atoms with Crippen molar-refractivity contribution >= 4 is 21.6 Å². The molecule has 0 fully saturated rings. The molecular weight excluding hydrogens is 380 g/mol. The average molecular weight is 407 g/mol. The van der Waals surface area contributed by atoms with E-state index in [1.807, 2.05) is 6.92 Å². The molecule has 2 rings (SSSR count). The Kier molecular flexibility index (Phi) is 7.28. The second-order valence-corrected chi connectivity index (χ2v) is 8.04. The number of sulfonamides is 1. The molecule has 0 unspecified atom stereocenters. The van der Waals surface area contributed by atoms with E-state index in [4.69, 9.17) is 9.47 Å². The summed E-state index contributed by atoms with van der Waals surface area (Å²) in [6, 6.07) is 11.4. The molecule has 0 aliphatic rings. The number of ether oxygens (including phenoxy) is 2. The number of nitrogens with zero attached hydrogens (tertiary/aromatic N) is 1. The summed E-state index contributed by atoms with van der Waals surface area (Å²) in [5.41, 5.74) is 1.13. The largest absolute Gasteiger partial charge is 0.497 e. The second-order valence-electron chi connectivity index (χ2n) is 6.21. The maximum Gasteiger partial charge on any atom is 0.268 e. The first-order valence-corrected chi connectivity index (χ1v) is 10.4.